The van der Waals surface area contributed by atoms with E-state index in [1.54, 1.807) is 0 Å². The van der Waals surface area contributed by atoms with Gasteiger partial charge in [-0.05, 0) is 24.2 Å². The SMILES string of the molecule is CCCCCCCCCCCCCC#CC#CCOC=O. The minimum atomic E-state index is 0.136. The first-order valence-electron chi connectivity index (χ1n) is 8.42. The van der Waals surface area contributed by atoms with Gasteiger partial charge >= 0.3 is 0 Å². The van der Waals surface area contributed by atoms with Crippen LogP contribution < -0.4 is 0 Å². The number of rotatable bonds is 13. The second kappa shape index (κ2) is 18.6. The van der Waals surface area contributed by atoms with Gasteiger partial charge in [0.25, 0.3) is 6.47 Å². The van der Waals surface area contributed by atoms with Crippen LogP contribution in [0.5, 0.6) is 0 Å². The van der Waals surface area contributed by atoms with E-state index in [2.05, 4.69) is 35.3 Å². The highest BCUT2D eigenvalue weighted by atomic mass is 16.5. The fraction of sp³-hybridized carbons (Fsp3) is 0.737. The van der Waals surface area contributed by atoms with E-state index in [1.165, 1.54) is 64.2 Å². The number of hydrogen-bond donors (Lipinski definition) is 0. The van der Waals surface area contributed by atoms with Gasteiger partial charge in [0.2, 0.25) is 0 Å². The van der Waals surface area contributed by atoms with Crippen LogP contribution in [0, 0.1) is 23.7 Å². The van der Waals surface area contributed by atoms with Gasteiger partial charge in [0.1, 0.15) is 0 Å². The molecule has 0 radical (unpaired) electrons. The highest BCUT2D eigenvalue weighted by Gasteiger charge is 1.92. The maximum Gasteiger partial charge on any atom is 0.294 e. The summed E-state index contributed by atoms with van der Waals surface area (Å²) in [7, 11) is 0. The van der Waals surface area contributed by atoms with Crippen molar-refractivity contribution in [2.75, 3.05) is 6.61 Å². The van der Waals surface area contributed by atoms with Crippen LogP contribution in [-0.4, -0.2) is 13.1 Å². The van der Waals surface area contributed by atoms with Crippen LogP contribution in [0.15, 0.2) is 0 Å². The summed E-state index contributed by atoms with van der Waals surface area (Å²) in [5, 5.41) is 0. The number of carbonyl (C=O) groups is 1. The number of carbonyl (C=O) groups excluding carboxylic acids is 1. The zero-order valence-electron chi connectivity index (χ0n) is 13.6. The van der Waals surface area contributed by atoms with Gasteiger partial charge in [0.05, 0.1) is 0 Å². The van der Waals surface area contributed by atoms with E-state index in [-0.39, 0.29) is 6.61 Å². The lowest BCUT2D eigenvalue weighted by molar-refractivity contribution is -0.127. The first-order valence-corrected chi connectivity index (χ1v) is 8.42. The van der Waals surface area contributed by atoms with Crippen molar-refractivity contribution >= 4 is 6.47 Å². The molecule has 0 bridgehead atoms. The zero-order chi connectivity index (χ0) is 15.4. The molecule has 0 N–H and O–H groups in total. The van der Waals surface area contributed by atoms with Crippen molar-refractivity contribution in [2.45, 2.75) is 84.0 Å². The van der Waals surface area contributed by atoms with Crippen LogP contribution in [-0.2, 0) is 9.53 Å². The Hall–Kier alpha value is -1.41. The molecular weight excluding hydrogens is 260 g/mol. The lowest BCUT2D eigenvalue weighted by Crippen LogP contribution is -1.85. The molecule has 118 valence electrons. The third kappa shape index (κ3) is 18.6. The Balaban J connectivity index is 3.16. The van der Waals surface area contributed by atoms with Crippen LogP contribution in [0.4, 0.5) is 0 Å². The van der Waals surface area contributed by atoms with Gasteiger partial charge in [-0.2, -0.15) is 0 Å². The van der Waals surface area contributed by atoms with Gasteiger partial charge < -0.3 is 4.74 Å². The smallest absolute Gasteiger partial charge is 0.294 e. The van der Waals surface area contributed by atoms with Crippen LogP contribution in [0.1, 0.15) is 84.0 Å². The normalized spacial score (nSPS) is 9.19. The van der Waals surface area contributed by atoms with Gasteiger partial charge in [0.15, 0.2) is 6.61 Å². The number of hydrogen-bond acceptors (Lipinski definition) is 2. The molecule has 0 aliphatic heterocycles. The summed E-state index contributed by atoms with van der Waals surface area (Å²) >= 11 is 0. The zero-order valence-corrected chi connectivity index (χ0v) is 13.6. The largest absolute Gasteiger partial charge is 0.455 e. The minimum absolute atomic E-state index is 0.136. The molecule has 0 spiro atoms. The van der Waals surface area contributed by atoms with E-state index in [0.717, 1.165) is 12.8 Å². The number of unbranched alkanes of at least 4 members (excludes halogenated alkanes) is 11. The summed E-state index contributed by atoms with van der Waals surface area (Å²) in [6, 6.07) is 0. The second-order valence-corrected chi connectivity index (χ2v) is 5.30. The lowest BCUT2D eigenvalue weighted by Gasteiger charge is -2.01. The van der Waals surface area contributed by atoms with Gasteiger partial charge in [-0.15, -0.1) is 0 Å². The monoisotopic (exact) mass is 290 g/mol. The molecule has 0 aromatic carbocycles. The summed E-state index contributed by atoms with van der Waals surface area (Å²) in [6.45, 7) is 2.79. The second-order valence-electron chi connectivity index (χ2n) is 5.30. The number of ether oxygens (including phenoxy) is 1. The Bertz CT molecular complexity index is 338. The molecule has 0 heterocycles. The Morgan fingerprint density at radius 2 is 1.29 bits per heavy atom. The topological polar surface area (TPSA) is 26.3 Å². The average molecular weight is 290 g/mol. The van der Waals surface area contributed by atoms with Crippen molar-refractivity contribution < 1.29 is 9.53 Å². The standard InChI is InChI=1S/C19H30O2/c1-2-3-4-5-6-7-8-9-10-11-12-13-14-15-16-17-18-21-19-20/h19H,2-13,18H2,1H3. The van der Waals surface area contributed by atoms with Crippen molar-refractivity contribution in [3.05, 3.63) is 0 Å². The molecule has 0 aliphatic rings. The average Bonchev–Trinajstić information content (AvgIpc) is 2.50. The molecule has 0 aromatic heterocycles. The highest BCUT2D eigenvalue weighted by Crippen LogP contribution is 2.11. The highest BCUT2D eigenvalue weighted by molar-refractivity contribution is 5.38. The summed E-state index contributed by atoms with van der Waals surface area (Å²) in [6.07, 6.45) is 15.8. The van der Waals surface area contributed by atoms with Crippen molar-refractivity contribution in [3.63, 3.8) is 0 Å². The quantitative estimate of drug-likeness (QED) is 0.275. The predicted octanol–water partition coefficient (Wildman–Crippen LogP) is 4.87. The Labute approximate surface area is 131 Å². The first kappa shape index (κ1) is 19.6. The van der Waals surface area contributed by atoms with E-state index < -0.39 is 0 Å². The molecule has 0 unspecified atom stereocenters. The molecule has 0 aromatic rings. The maximum atomic E-state index is 9.84. The van der Waals surface area contributed by atoms with E-state index in [4.69, 9.17) is 0 Å². The Morgan fingerprint density at radius 3 is 1.86 bits per heavy atom. The van der Waals surface area contributed by atoms with Crippen LogP contribution in [0.25, 0.3) is 0 Å². The molecule has 21 heavy (non-hydrogen) atoms. The summed E-state index contributed by atoms with van der Waals surface area (Å²) in [5.41, 5.74) is 0. The summed E-state index contributed by atoms with van der Waals surface area (Å²) in [5.74, 6) is 11.1. The van der Waals surface area contributed by atoms with E-state index in [1.807, 2.05) is 0 Å². The van der Waals surface area contributed by atoms with Gasteiger partial charge in [-0.3, -0.25) is 4.79 Å². The Kier molecular flexibility index (Phi) is 17.3. The van der Waals surface area contributed by atoms with Gasteiger partial charge in [-0.1, -0.05) is 77.1 Å². The molecule has 0 saturated carbocycles. The molecule has 0 saturated heterocycles. The predicted molar refractivity (Wildman–Crippen MR) is 88.6 cm³/mol. The molecule has 0 rings (SSSR count). The van der Waals surface area contributed by atoms with Gasteiger partial charge in [-0.25, -0.2) is 0 Å². The molecule has 0 atom stereocenters. The molecule has 2 nitrogen and oxygen atoms in total. The molecule has 2 heteroatoms. The van der Waals surface area contributed by atoms with Crippen LogP contribution in [0.3, 0.4) is 0 Å². The van der Waals surface area contributed by atoms with Crippen molar-refractivity contribution in [1.29, 1.82) is 0 Å². The first-order chi connectivity index (χ1) is 10.4. The van der Waals surface area contributed by atoms with Gasteiger partial charge in [0, 0.05) is 6.42 Å². The van der Waals surface area contributed by atoms with Crippen molar-refractivity contribution in [1.82, 2.24) is 0 Å². The van der Waals surface area contributed by atoms with Crippen LogP contribution in [0.2, 0.25) is 0 Å². The fourth-order valence-corrected chi connectivity index (χ4v) is 2.14. The van der Waals surface area contributed by atoms with E-state index in [0.29, 0.717) is 6.47 Å². The molecule has 0 amide bonds. The lowest BCUT2D eigenvalue weighted by atomic mass is 10.1. The maximum absolute atomic E-state index is 9.84. The van der Waals surface area contributed by atoms with Crippen LogP contribution >= 0.6 is 0 Å². The van der Waals surface area contributed by atoms with Crippen molar-refractivity contribution in [2.24, 2.45) is 0 Å². The molecule has 0 fully saturated rings. The fourth-order valence-electron chi connectivity index (χ4n) is 2.14. The molecular formula is C19H30O2. The van der Waals surface area contributed by atoms with E-state index >= 15 is 0 Å². The molecule has 0 aliphatic carbocycles. The minimum Gasteiger partial charge on any atom is -0.455 e. The van der Waals surface area contributed by atoms with Crippen molar-refractivity contribution in [3.8, 4) is 23.7 Å². The summed E-state index contributed by atoms with van der Waals surface area (Å²) in [4.78, 5) is 9.84. The summed E-state index contributed by atoms with van der Waals surface area (Å²) < 4.78 is 4.43. The Morgan fingerprint density at radius 1 is 0.762 bits per heavy atom. The van der Waals surface area contributed by atoms with E-state index in [9.17, 15) is 4.79 Å². The third-order valence-corrected chi connectivity index (χ3v) is 3.37. The third-order valence-electron chi connectivity index (χ3n) is 3.37.